The molecule has 3 rings (SSSR count). The zero-order valence-electron chi connectivity index (χ0n) is 21.3. The van der Waals surface area contributed by atoms with Crippen molar-refractivity contribution < 1.29 is 24.2 Å². The molecule has 2 unspecified atom stereocenters. The number of ether oxygens (including phenoxy) is 1. The van der Waals surface area contributed by atoms with Crippen LogP contribution in [-0.4, -0.2) is 52.2 Å². The summed E-state index contributed by atoms with van der Waals surface area (Å²) in [5, 5.41) is 15.7. The lowest BCUT2D eigenvalue weighted by Gasteiger charge is -2.34. The molecule has 0 bridgehead atoms. The van der Waals surface area contributed by atoms with E-state index in [1.807, 2.05) is 38.1 Å². The van der Waals surface area contributed by atoms with Crippen molar-refractivity contribution >= 4 is 35.2 Å². The Morgan fingerprint density at radius 2 is 1.81 bits per heavy atom. The smallest absolute Gasteiger partial charge is 0.408 e. The Bertz CT molecular complexity index is 1110. The van der Waals surface area contributed by atoms with Gasteiger partial charge in [-0.15, -0.1) is 0 Å². The minimum Gasteiger partial charge on any atom is -0.444 e. The fraction of sp³-hybridized carbons (Fsp3) is 0.444. The highest BCUT2D eigenvalue weighted by molar-refractivity contribution is 6.34. The normalized spacial score (nSPS) is 15.0. The largest absolute Gasteiger partial charge is 0.444 e. The predicted molar refractivity (Wildman–Crippen MR) is 139 cm³/mol. The third-order valence-corrected chi connectivity index (χ3v) is 6.04. The summed E-state index contributed by atoms with van der Waals surface area (Å²) in [5.41, 5.74) is 2.01. The Kier molecular flexibility index (Phi) is 8.63. The Morgan fingerprint density at radius 1 is 1.14 bits per heavy atom. The first kappa shape index (κ1) is 27.5. The molecule has 0 spiro atoms. The van der Waals surface area contributed by atoms with E-state index in [0.29, 0.717) is 29.1 Å². The van der Waals surface area contributed by atoms with Gasteiger partial charge in [-0.1, -0.05) is 53.6 Å². The molecule has 1 fully saturated rings. The van der Waals surface area contributed by atoms with Crippen LogP contribution in [0.2, 0.25) is 5.02 Å². The topological polar surface area (TPSA) is 108 Å². The molecule has 9 heteroatoms. The number of para-hydroxylation sites is 1. The van der Waals surface area contributed by atoms with Gasteiger partial charge in [0.25, 0.3) is 5.91 Å². The standard InChI is InChI=1S/C27H34ClN3O5/c1-16-8-6-10-18(14-16)23(24(33)30-22-17(2)9-7-11-20(22)28)31(19-12-13-19)25(34)21(15-32)29-26(35)36-27(3,4)5/h6-11,14,19,21,23,32H,12-13,15H2,1-5H3,(H,29,35)(H,30,33). The molecule has 0 heterocycles. The summed E-state index contributed by atoms with van der Waals surface area (Å²) in [6.45, 7) is 8.20. The minimum absolute atomic E-state index is 0.212. The Morgan fingerprint density at radius 3 is 2.36 bits per heavy atom. The van der Waals surface area contributed by atoms with Crippen LogP contribution in [0.4, 0.5) is 10.5 Å². The van der Waals surface area contributed by atoms with Crippen molar-refractivity contribution in [1.29, 1.82) is 0 Å². The molecule has 3 N–H and O–H groups in total. The van der Waals surface area contributed by atoms with Crippen LogP contribution in [0.3, 0.4) is 0 Å². The first-order chi connectivity index (χ1) is 16.9. The predicted octanol–water partition coefficient (Wildman–Crippen LogP) is 4.51. The molecule has 2 aromatic rings. The van der Waals surface area contributed by atoms with Crippen molar-refractivity contribution in [2.75, 3.05) is 11.9 Å². The zero-order valence-corrected chi connectivity index (χ0v) is 22.1. The summed E-state index contributed by atoms with van der Waals surface area (Å²) < 4.78 is 5.26. The molecule has 36 heavy (non-hydrogen) atoms. The third-order valence-electron chi connectivity index (χ3n) is 5.72. The molecule has 0 aliphatic heterocycles. The molecule has 2 aromatic carbocycles. The third kappa shape index (κ3) is 6.98. The van der Waals surface area contributed by atoms with Gasteiger partial charge in [0.1, 0.15) is 17.7 Å². The number of rotatable bonds is 8. The number of halogens is 1. The number of aliphatic hydroxyl groups excluding tert-OH is 1. The van der Waals surface area contributed by atoms with Crippen LogP contribution >= 0.6 is 11.6 Å². The number of aliphatic hydroxyl groups is 1. The average Bonchev–Trinajstić information content (AvgIpc) is 3.61. The molecule has 8 nitrogen and oxygen atoms in total. The maximum atomic E-state index is 13.8. The van der Waals surface area contributed by atoms with Crippen molar-refractivity contribution in [2.24, 2.45) is 0 Å². The lowest BCUT2D eigenvalue weighted by molar-refractivity contribution is -0.142. The highest BCUT2D eigenvalue weighted by Crippen LogP contribution is 2.37. The summed E-state index contributed by atoms with van der Waals surface area (Å²) >= 11 is 6.36. The molecule has 0 saturated heterocycles. The number of anilines is 1. The fourth-order valence-electron chi connectivity index (χ4n) is 3.95. The van der Waals surface area contributed by atoms with Crippen LogP contribution in [0, 0.1) is 13.8 Å². The van der Waals surface area contributed by atoms with E-state index in [1.165, 1.54) is 4.90 Å². The monoisotopic (exact) mass is 515 g/mol. The van der Waals surface area contributed by atoms with Gasteiger partial charge in [-0.05, 0) is 64.7 Å². The summed E-state index contributed by atoms with van der Waals surface area (Å²) in [5.74, 6) is -1.01. The van der Waals surface area contributed by atoms with Crippen molar-refractivity contribution in [3.05, 3.63) is 64.2 Å². The first-order valence-electron chi connectivity index (χ1n) is 12.0. The summed E-state index contributed by atoms with van der Waals surface area (Å²) in [7, 11) is 0. The maximum Gasteiger partial charge on any atom is 0.408 e. The SMILES string of the molecule is Cc1cccc(C(C(=O)Nc2c(C)cccc2Cl)N(C(=O)C(CO)NC(=O)OC(C)(C)C)C2CC2)c1. The lowest BCUT2D eigenvalue weighted by atomic mass is 10.0. The van der Waals surface area contributed by atoms with Crippen LogP contribution in [0.1, 0.15) is 56.3 Å². The molecule has 3 amide bonds. The van der Waals surface area contributed by atoms with Crippen molar-refractivity contribution in [1.82, 2.24) is 10.2 Å². The Hall–Kier alpha value is -3.10. The fourth-order valence-corrected chi connectivity index (χ4v) is 4.22. The molecule has 1 aliphatic carbocycles. The molecule has 0 radical (unpaired) electrons. The number of nitrogens with zero attached hydrogens (tertiary/aromatic N) is 1. The van der Waals surface area contributed by atoms with Gasteiger partial charge in [-0.25, -0.2) is 4.79 Å². The van der Waals surface area contributed by atoms with E-state index < -0.39 is 42.2 Å². The molecular weight excluding hydrogens is 482 g/mol. The number of benzene rings is 2. The number of amides is 3. The van der Waals surface area contributed by atoms with Gasteiger partial charge in [-0.2, -0.15) is 0 Å². The van der Waals surface area contributed by atoms with Gasteiger partial charge in [0, 0.05) is 6.04 Å². The van der Waals surface area contributed by atoms with Crippen molar-refractivity contribution in [2.45, 2.75) is 71.2 Å². The van der Waals surface area contributed by atoms with Crippen LogP contribution in [0.5, 0.6) is 0 Å². The zero-order chi connectivity index (χ0) is 26.6. The van der Waals surface area contributed by atoms with Gasteiger partial charge in [-0.3, -0.25) is 9.59 Å². The van der Waals surface area contributed by atoms with E-state index in [1.54, 1.807) is 39.0 Å². The van der Waals surface area contributed by atoms with Gasteiger partial charge in [0.05, 0.1) is 17.3 Å². The summed E-state index contributed by atoms with van der Waals surface area (Å²) in [6.07, 6.45) is 0.586. The van der Waals surface area contributed by atoms with Crippen molar-refractivity contribution in [3.8, 4) is 0 Å². The van der Waals surface area contributed by atoms with E-state index in [2.05, 4.69) is 10.6 Å². The number of alkyl carbamates (subject to hydrolysis) is 1. The van der Waals surface area contributed by atoms with Gasteiger partial charge in [0.15, 0.2) is 0 Å². The summed E-state index contributed by atoms with van der Waals surface area (Å²) in [4.78, 5) is 41.4. The molecule has 2 atom stereocenters. The van der Waals surface area contributed by atoms with Crippen LogP contribution < -0.4 is 10.6 Å². The summed E-state index contributed by atoms with van der Waals surface area (Å²) in [6, 6.07) is 10.2. The van der Waals surface area contributed by atoms with Crippen molar-refractivity contribution in [3.63, 3.8) is 0 Å². The van der Waals surface area contributed by atoms with E-state index in [4.69, 9.17) is 16.3 Å². The van der Waals surface area contributed by atoms with Gasteiger partial charge >= 0.3 is 6.09 Å². The number of carbonyl (C=O) groups is 3. The first-order valence-corrected chi connectivity index (χ1v) is 12.3. The molecule has 1 saturated carbocycles. The number of nitrogens with one attached hydrogen (secondary N) is 2. The molecule has 1 aliphatic rings. The lowest BCUT2D eigenvalue weighted by Crippen LogP contribution is -2.54. The Labute approximate surface area is 217 Å². The maximum absolute atomic E-state index is 13.8. The molecule has 0 aromatic heterocycles. The van der Waals surface area contributed by atoms with Crippen LogP contribution in [0.15, 0.2) is 42.5 Å². The van der Waals surface area contributed by atoms with E-state index in [9.17, 15) is 19.5 Å². The second-order valence-electron chi connectivity index (χ2n) is 10.1. The Balaban J connectivity index is 1.98. The molecular formula is C27H34ClN3O5. The van der Waals surface area contributed by atoms with Gasteiger partial charge in [0.2, 0.25) is 5.91 Å². The van der Waals surface area contributed by atoms with E-state index in [-0.39, 0.29) is 6.04 Å². The van der Waals surface area contributed by atoms with Gasteiger partial charge < -0.3 is 25.4 Å². The number of hydrogen-bond donors (Lipinski definition) is 3. The highest BCUT2D eigenvalue weighted by atomic mass is 35.5. The average molecular weight is 516 g/mol. The second kappa shape index (κ2) is 11.3. The highest BCUT2D eigenvalue weighted by Gasteiger charge is 2.44. The van der Waals surface area contributed by atoms with E-state index >= 15 is 0 Å². The number of carbonyl (C=O) groups excluding carboxylic acids is 3. The number of aryl methyl sites for hydroxylation is 2. The molecule has 194 valence electrons. The van der Waals surface area contributed by atoms with Crippen LogP contribution in [0.25, 0.3) is 0 Å². The van der Waals surface area contributed by atoms with Crippen LogP contribution in [-0.2, 0) is 14.3 Å². The number of hydrogen-bond acceptors (Lipinski definition) is 5. The quantitative estimate of drug-likeness (QED) is 0.479. The van der Waals surface area contributed by atoms with E-state index in [0.717, 1.165) is 11.1 Å². The minimum atomic E-state index is -1.28. The second-order valence-corrected chi connectivity index (χ2v) is 10.5.